The minimum atomic E-state index is -0.388. The topological polar surface area (TPSA) is 38.7 Å². The van der Waals surface area contributed by atoms with Gasteiger partial charge in [-0.1, -0.05) is 24.6 Å². The number of nitrogens with zero attached hydrogens (tertiary/aromatic N) is 1. The van der Waals surface area contributed by atoms with Gasteiger partial charge in [0.1, 0.15) is 0 Å². The predicted molar refractivity (Wildman–Crippen MR) is 57.9 cm³/mol. The van der Waals surface area contributed by atoms with E-state index < -0.39 is 0 Å². The third-order valence-electron chi connectivity index (χ3n) is 2.38. The molecule has 1 aliphatic heterocycles. The summed E-state index contributed by atoms with van der Waals surface area (Å²) in [6.07, 6.45) is 0.276. The minimum Gasteiger partial charge on any atom is -0.464 e. The molecule has 15 heavy (non-hydrogen) atoms. The van der Waals surface area contributed by atoms with E-state index in [4.69, 9.17) is 4.74 Å². The smallest absolute Gasteiger partial charge is 0.290 e. The second kappa shape index (κ2) is 3.85. The highest BCUT2D eigenvalue weighted by Crippen LogP contribution is 2.16. The summed E-state index contributed by atoms with van der Waals surface area (Å²) < 4.78 is 5.46. The molecule has 1 heterocycles. The molecule has 1 aromatic carbocycles. The molecule has 0 radical (unpaired) electrons. The summed E-state index contributed by atoms with van der Waals surface area (Å²) in [6.45, 7) is 3.91. The number of benzene rings is 1. The maximum atomic E-state index is 11.4. The average molecular weight is 203 g/mol. The molecule has 0 bridgehead atoms. The first-order valence-corrected chi connectivity index (χ1v) is 5.07. The van der Waals surface area contributed by atoms with Crippen LogP contribution in [0.2, 0.25) is 0 Å². The number of hydrogen-bond donors (Lipinski definition) is 0. The van der Waals surface area contributed by atoms with Crippen LogP contribution in [0.1, 0.15) is 24.5 Å². The summed E-state index contributed by atoms with van der Waals surface area (Å²) in [6, 6.07) is 7.79. The summed E-state index contributed by atoms with van der Waals surface area (Å²) in [5, 5.41) is 0. The number of ether oxygens (including phenoxy) is 1. The van der Waals surface area contributed by atoms with Gasteiger partial charge in [0.2, 0.25) is 5.90 Å². The van der Waals surface area contributed by atoms with Gasteiger partial charge < -0.3 is 4.74 Å². The lowest BCUT2D eigenvalue weighted by molar-refractivity contribution is -0.122. The van der Waals surface area contributed by atoms with E-state index in [0.29, 0.717) is 12.3 Å². The van der Waals surface area contributed by atoms with E-state index in [1.165, 1.54) is 0 Å². The first kappa shape index (κ1) is 9.90. The van der Waals surface area contributed by atoms with Crippen molar-refractivity contribution >= 4 is 11.8 Å². The molecular weight excluding hydrogens is 190 g/mol. The Balaban J connectivity index is 2.27. The first-order chi connectivity index (χ1) is 7.20. The van der Waals surface area contributed by atoms with Crippen molar-refractivity contribution in [1.29, 1.82) is 0 Å². The Morgan fingerprint density at radius 3 is 2.87 bits per heavy atom. The van der Waals surface area contributed by atoms with Crippen LogP contribution in [0.5, 0.6) is 0 Å². The van der Waals surface area contributed by atoms with E-state index in [9.17, 15) is 4.79 Å². The number of carbonyl (C=O) groups is 1. The average Bonchev–Trinajstić information content (AvgIpc) is 2.60. The van der Waals surface area contributed by atoms with Crippen molar-refractivity contribution in [3.63, 3.8) is 0 Å². The number of carbonyl (C=O) groups excluding carboxylic acids is 1. The Bertz CT molecular complexity index is 423. The van der Waals surface area contributed by atoms with Gasteiger partial charge in [-0.3, -0.25) is 4.79 Å². The van der Waals surface area contributed by atoms with E-state index in [0.717, 1.165) is 11.1 Å². The third kappa shape index (κ3) is 1.91. The summed E-state index contributed by atoms with van der Waals surface area (Å²) in [4.78, 5) is 15.3. The normalized spacial score (nSPS) is 20.0. The molecule has 0 saturated carbocycles. The molecule has 0 aromatic heterocycles. The highest BCUT2D eigenvalue weighted by molar-refractivity contribution is 6.07. The lowest BCUT2D eigenvalue weighted by Gasteiger charge is -2.06. The minimum absolute atomic E-state index is 0.172. The maximum absolute atomic E-state index is 11.4. The zero-order chi connectivity index (χ0) is 10.8. The lowest BCUT2D eigenvalue weighted by atomic mass is 10.1. The van der Waals surface area contributed by atoms with Crippen LogP contribution in [-0.2, 0) is 9.53 Å². The van der Waals surface area contributed by atoms with Crippen molar-refractivity contribution < 1.29 is 9.53 Å². The molecule has 0 aliphatic carbocycles. The second-order valence-electron chi connectivity index (χ2n) is 3.64. The van der Waals surface area contributed by atoms with Gasteiger partial charge in [0.25, 0.3) is 5.91 Å². The first-order valence-electron chi connectivity index (χ1n) is 5.07. The monoisotopic (exact) mass is 203 g/mol. The lowest BCUT2D eigenvalue weighted by Crippen LogP contribution is -2.16. The van der Waals surface area contributed by atoms with Gasteiger partial charge in [0, 0.05) is 5.56 Å². The van der Waals surface area contributed by atoms with Crippen molar-refractivity contribution in [2.75, 3.05) is 0 Å². The van der Waals surface area contributed by atoms with Crippen molar-refractivity contribution in [3.8, 4) is 0 Å². The highest BCUT2D eigenvalue weighted by atomic mass is 16.5. The molecule has 3 nitrogen and oxygen atoms in total. The zero-order valence-electron chi connectivity index (χ0n) is 8.86. The van der Waals surface area contributed by atoms with Gasteiger partial charge in [-0.15, -0.1) is 0 Å². The van der Waals surface area contributed by atoms with Gasteiger partial charge in [-0.05, 0) is 25.5 Å². The molecule has 1 aromatic rings. The van der Waals surface area contributed by atoms with E-state index in [1.807, 2.05) is 38.1 Å². The van der Waals surface area contributed by atoms with Crippen LogP contribution in [0.15, 0.2) is 29.3 Å². The molecule has 1 amide bonds. The van der Waals surface area contributed by atoms with Crippen LogP contribution >= 0.6 is 0 Å². The number of hydrogen-bond acceptors (Lipinski definition) is 2. The summed E-state index contributed by atoms with van der Waals surface area (Å²) in [5.74, 6) is 0.282. The fourth-order valence-corrected chi connectivity index (χ4v) is 1.55. The summed E-state index contributed by atoms with van der Waals surface area (Å²) in [7, 11) is 0. The molecule has 78 valence electrons. The molecule has 2 rings (SSSR count). The number of aryl methyl sites for hydroxylation is 1. The fourth-order valence-electron chi connectivity index (χ4n) is 1.55. The Labute approximate surface area is 88.8 Å². The molecular formula is C12H13NO2. The number of amides is 1. The molecule has 3 heteroatoms. The molecule has 0 saturated heterocycles. The Hall–Kier alpha value is -1.64. The van der Waals surface area contributed by atoms with Crippen LogP contribution in [0, 0.1) is 6.92 Å². The molecule has 0 fully saturated rings. The predicted octanol–water partition coefficient (Wildman–Crippen LogP) is 2.08. The van der Waals surface area contributed by atoms with Crippen LogP contribution in [0.4, 0.5) is 0 Å². The number of aliphatic imine (C=N–C) groups is 1. The molecule has 1 atom stereocenters. The number of rotatable bonds is 2. The molecule has 0 unspecified atom stereocenters. The quantitative estimate of drug-likeness (QED) is 0.738. The highest BCUT2D eigenvalue weighted by Gasteiger charge is 2.27. The van der Waals surface area contributed by atoms with E-state index in [1.54, 1.807) is 0 Å². The standard InChI is InChI=1S/C12H13NO2/c1-3-10-11(14)13-12(15-10)9-6-4-5-8(2)7-9/h4-7,10H,3H2,1-2H3/t10-/m0/s1. The van der Waals surface area contributed by atoms with E-state index in [2.05, 4.69) is 4.99 Å². The summed E-state index contributed by atoms with van der Waals surface area (Å²) in [5.41, 5.74) is 2.01. The third-order valence-corrected chi connectivity index (χ3v) is 2.38. The van der Waals surface area contributed by atoms with Crippen LogP contribution in [0.25, 0.3) is 0 Å². The van der Waals surface area contributed by atoms with E-state index in [-0.39, 0.29) is 12.0 Å². The largest absolute Gasteiger partial charge is 0.464 e. The van der Waals surface area contributed by atoms with Gasteiger partial charge in [-0.2, -0.15) is 4.99 Å². The Kier molecular flexibility index (Phi) is 2.54. The van der Waals surface area contributed by atoms with Crippen LogP contribution in [-0.4, -0.2) is 17.9 Å². The van der Waals surface area contributed by atoms with Crippen molar-refractivity contribution in [3.05, 3.63) is 35.4 Å². The van der Waals surface area contributed by atoms with Crippen molar-refractivity contribution in [2.24, 2.45) is 4.99 Å². The van der Waals surface area contributed by atoms with Gasteiger partial charge >= 0.3 is 0 Å². The van der Waals surface area contributed by atoms with Gasteiger partial charge in [-0.25, -0.2) is 0 Å². The van der Waals surface area contributed by atoms with Crippen LogP contribution < -0.4 is 0 Å². The Morgan fingerprint density at radius 1 is 1.47 bits per heavy atom. The summed E-state index contributed by atoms with van der Waals surface area (Å²) >= 11 is 0. The molecule has 0 N–H and O–H groups in total. The molecule has 0 spiro atoms. The van der Waals surface area contributed by atoms with E-state index >= 15 is 0 Å². The van der Waals surface area contributed by atoms with Gasteiger partial charge in [0.05, 0.1) is 0 Å². The molecule has 1 aliphatic rings. The second-order valence-corrected chi connectivity index (χ2v) is 3.64. The van der Waals surface area contributed by atoms with Gasteiger partial charge in [0.15, 0.2) is 6.10 Å². The van der Waals surface area contributed by atoms with Crippen LogP contribution in [0.3, 0.4) is 0 Å². The fraction of sp³-hybridized carbons (Fsp3) is 0.333. The Morgan fingerprint density at radius 2 is 2.27 bits per heavy atom. The maximum Gasteiger partial charge on any atom is 0.290 e. The SMILES string of the molecule is CC[C@@H]1OC(c2cccc(C)c2)=NC1=O. The van der Waals surface area contributed by atoms with Crippen molar-refractivity contribution in [1.82, 2.24) is 0 Å². The zero-order valence-corrected chi connectivity index (χ0v) is 8.86. The van der Waals surface area contributed by atoms with Crippen molar-refractivity contribution in [2.45, 2.75) is 26.4 Å².